The molecule has 0 saturated heterocycles. The number of carbonyl (C=O) groups is 1. The van der Waals surface area contributed by atoms with Crippen molar-refractivity contribution >= 4 is 17.3 Å². The van der Waals surface area contributed by atoms with E-state index in [0.717, 1.165) is 11.4 Å². The second-order valence-electron chi connectivity index (χ2n) is 6.23. The fourth-order valence-electron chi connectivity index (χ4n) is 2.18. The molecule has 2 aromatic carbocycles. The van der Waals surface area contributed by atoms with Crippen molar-refractivity contribution in [1.29, 1.82) is 0 Å². The van der Waals surface area contributed by atoms with Gasteiger partial charge in [0.15, 0.2) is 0 Å². The maximum Gasteiger partial charge on any atom is 0.243 e. The summed E-state index contributed by atoms with van der Waals surface area (Å²) in [6.07, 6.45) is 1.66. The number of hydrogen-bond donors (Lipinski definition) is 2. The van der Waals surface area contributed by atoms with Crippen molar-refractivity contribution in [2.45, 2.75) is 13.8 Å². The molecule has 1 amide bonds. The smallest absolute Gasteiger partial charge is 0.243 e. The van der Waals surface area contributed by atoms with Gasteiger partial charge in [-0.2, -0.15) is 0 Å². The van der Waals surface area contributed by atoms with Gasteiger partial charge in [0.25, 0.3) is 0 Å². The third-order valence-corrected chi connectivity index (χ3v) is 3.39. The summed E-state index contributed by atoms with van der Waals surface area (Å²) < 4.78 is 11.2. The van der Waals surface area contributed by atoms with Gasteiger partial charge in [-0.25, -0.2) is 0 Å². The first-order valence-corrected chi connectivity index (χ1v) is 8.67. The minimum absolute atomic E-state index is 0.142. The number of anilines is 2. The monoisotopic (exact) mass is 354 g/mol. The minimum Gasteiger partial charge on any atom is -0.493 e. The van der Waals surface area contributed by atoms with E-state index in [0.29, 0.717) is 30.6 Å². The zero-order chi connectivity index (χ0) is 18.8. The molecule has 0 fully saturated rings. The second-order valence-corrected chi connectivity index (χ2v) is 6.23. The zero-order valence-corrected chi connectivity index (χ0v) is 15.3. The number of ether oxygens (including phenoxy) is 2. The van der Waals surface area contributed by atoms with Gasteiger partial charge < -0.3 is 20.1 Å². The lowest BCUT2D eigenvalue weighted by atomic mass is 10.2. The normalized spacial score (nSPS) is 10.3. The van der Waals surface area contributed by atoms with Crippen LogP contribution in [-0.2, 0) is 4.79 Å². The fraction of sp³-hybridized carbons (Fsp3) is 0.286. The summed E-state index contributed by atoms with van der Waals surface area (Å²) in [4.78, 5) is 12.2. The Labute approximate surface area is 155 Å². The van der Waals surface area contributed by atoms with Gasteiger partial charge in [-0.1, -0.05) is 44.7 Å². The highest BCUT2D eigenvalue weighted by Crippen LogP contribution is 2.23. The van der Waals surface area contributed by atoms with Gasteiger partial charge in [-0.15, -0.1) is 0 Å². The molecule has 0 unspecified atom stereocenters. The molecule has 2 N–H and O–H groups in total. The third kappa shape index (κ3) is 6.51. The highest BCUT2D eigenvalue weighted by atomic mass is 16.5. The SMILES string of the molecule is C=CCOc1ccccc1NC(=O)CNc1cccc(OCC(C)C)c1. The van der Waals surface area contributed by atoms with E-state index < -0.39 is 0 Å². The molecule has 0 atom stereocenters. The number of rotatable bonds is 10. The standard InChI is InChI=1S/C21H26N2O3/c1-4-12-25-20-11-6-5-10-19(20)23-21(24)14-22-17-8-7-9-18(13-17)26-15-16(2)3/h4-11,13,16,22H,1,12,14-15H2,2-3H3,(H,23,24). The van der Waals surface area contributed by atoms with Crippen molar-refractivity contribution in [3.63, 3.8) is 0 Å². The minimum atomic E-state index is -0.159. The highest BCUT2D eigenvalue weighted by molar-refractivity contribution is 5.95. The number of benzene rings is 2. The van der Waals surface area contributed by atoms with Gasteiger partial charge in [0.05, 0.1) is 18.8 Å². The van der Waals surface area contributed by atoms with E-state index in [4.69, 9.17) is 9.47 Å². The summed E-state index contributed by atoms with van der Waals surface area (Å²) in [5.74, 6) is 1.70. The van der Waals surface area contributed by atoms with Crippen molar-refractivity contribution in [1.82, 2.24) is 0 Å². The lowest BCUT2D eigenvalue weighted by molar-refractivity contribution is -0.114. The van der Waals surface area contributed by atoms with Crippen molar-refractivity contribution < 1.29 is 14.3 Å². The van der Waals surface area contributed by atoms with Gasteiger partial charge >= 0.3 is 0 Å². The second kappa shape index (κ2) is 10.1. The Balaban J connectivity index is 1.89. The Morgan fingerprint density at radius 3 is 2.73 bits per heavy atom. The first-order chi connectivity index (χ1) is 12.6. The van der Waals surface area contributed by atoms with Gasteiger partial charge in [-0.3, -0.25) is 4.79 Å². The van der Waals surface area contributed by atoms with Crippen molar-refractivity contribution in [3.8, 4) is 11.5 Å². The Bertz CT molecular complexity index is 729. The highest BCUT2D eigenvalue weighted by Gasteiger charge is 2.07. The molecule has 0 aliphatic rings. The van der Waals surface area contributed by atoms with E-state index in [1.54, 1.807) is 12.1 Å². The molecule has 0 bridgehead atoms. The molecule has 0 radical (unpaired) electrons. The largest absolute Gasteiger partial charge is 0.493 e. The van der Waals surface area contributed by atoms with Crippen LogP contribution in [0.15, 0.2) is 61.2 Å². The van der Waals surface area contributed by atoms with Crippen LogP contribution in [0.5, 0.6) is 11.5 Å². The molecule has 2 rings (SSSR count). The molecule has 26 heavy (non-hydrogen) atoms. The predicted octanol–water partition coefficient (Wildman–Crippen LogP) is 4.34. The molecule has 0 saturated carbocycles. The van der Waals surface area contributed by atoms with Crippen LogP contribution >= 0.6 is 0 Å². The van der Waals surface area contributed by atoms with Gasteiger partial charge in [0.1, 0.15) is 18.1 Å². The van der Waals surface area contributed by atoms with Crippen LogP contribution in [0.2, 0.25) is 0 Å². The van der Waals surface area contributed by atoms with E-state index in [-0.39, 0.29) is 12.5 Å². The molecule has 0 heterocycles. The van der Waals surface area contributed by atoms with Crippen molar-refractivity contribution in [3.05, 3.63) is 61.2 Å². The number of carbonyl (C=O) groups excluding carboxylic acids is 1. The van der Waals surface area contributed by atoms with Crippen LogP contribution in [0.4, 0.5) is 11.4 Å². The molecular formula is C21H26N2O3. The van der Waals surface area contributed by atoms with E-state index in [2.05, 4.69) is 31.1 Å². The summed E-state index contributed by atoms with van der Waals surface area (Å²) in [6.45, 7) is 9.01. The molecule has 2 aromatic rings. The maximum atomic E-state index is 12.2. The lowest BCUT2D eigenvalue weighted by Crippen LogP contribution is -2.22. The number of para-hydroxylation sites is 2. The van der Waals surface area contributed by atoms with Crippen LogP contribution in [0, 0.1) is 5.92 Å². The summed E-state index contributed by atoms with van der Waals surface area (Å²) in [5, 5.41) is 5.96. The third-order valence-electron chi connectivity index (χ3n) is 3.39. The van der Waals surface area contributed by atoms with Crippen LogP contribution < -0.4 is 20.1 Å². The predicted molar refractivity (Wildman–Crippen MR) is 106 cm³/mol. The number of hydrogen-bond acceptors (Lipinski definition) is 4. The van der Waals surface area contributed by atoms with Crippen molar-refractivity contribution in [2.75, 3.05) is 30.4 Å². The Kier molecular flexibility index (Phi) is 7.55. The average molecular weight is 354 g/mol. The van der Waals surface area contributed by atoms with E-state index >= 15 is 0 Å². The maximum absolute atomic E-state index is 12.2. The van der Waals surface area contributed by atoms with Crippen LogP contribution in [-0.4, -0.2) is 25.7 Å². The first kappa shape index (κ1) is 19.4. The van der Waals surface area contributed by atoms with Gasteiger partial charge in [0, 0.05) is 11.8 Å². The first-order valence-electron chi connectivity index (χ1n) is 8.67. The summed E-state index contributed by atoms with van der Waals surface area (Å²) in [5.41, 5.74) is 1.47. The topological polar surface area (TPSA) is 59.6 Å². The fourth-order valence-corrected chi connectivity index (χ4v) is 2.18. The molecule has 0 aliphatic carbocycles. The Hall–Kier alpha value is -2.95. The molecular weight excluding hydrogens is 328 g/mol. The number of amides is 1. The Morgan fingerprint density at radius 1 is 1.15 bits per heavy atom. The van der Waals surface area contributed by atoms with Crippen LogP contribution in [0.3, 0.4) is 0 Å². The van der Waals surface area contributed by atoms with Crippen molar-refractivity contribution in [2.24, 2.45) is 5.92 Å². The summed E-state index contributed by atoms with van der Waals surface area (Å²) in [7, 11) is 0. The number of nitrogens with one attached hydrogen (secondary N) is 2. The van der Waals surface area contributed by atoms with Crippen LogP contribution in [0.25, 0.3) is 0 Å². The molecule has 0 aromatic heterocycles. The van der Waals surface area contributed by atoms with Gasteiger partial charge in [0.2, 0.25) is 5.91 Å². The molecule has 0 spiro atoms. The molecule has 138 valence electrons. The summed E-state index contributed by atoms with van der Waals surface area (Å²) in [6, 6.07) is 14.9. The quantitative estimate of drug-likeness (QED) is 0.623. The lowest BCUT2D eigenvalue weighted by Gasteiger charge is -2.13. The molecule has 5 nitrogen and oxygen atoms in total. The van der Waals surface area contributed by atoms with E-state index in [1.807, 2.05) is 42.5 Å². The molecule has 0 aliphatic heterocycles. The Morgan fingerprint density at radius 2 is 1.96 bits per heavy atom. The summed E-state index contributed by atoms with van der Waals surface area (Å²) >= 11 is 0. The van der Waals surface area contributed by atoms with E-state index in [9.17, 15) is 4.79 Å². The van der Waals surface area contributed by atoms with E-state index in [1.165, 1.54) is 0 Å². The molecule has 5 heteroatoms. The zero-order valence-electron chi connectivity index (χ0n) is 15.3. The van der Waals surface area contributed by atoms with Crippen LogP contribution in [0.1, 0.15) is 13.8 Å². The average Bonchev–Trinajstić information content (AvgIpc) is 2.64. The van der Waals surface area contributed by atoms with Gasteiger partial charge in [-0.05, 0) is 30.2 Å².